The van der Waals surface area contributed by atoms with Gasteiger partial charge >= 0.3 is 0 Å². The lowest BCUT2D eigenvalue weighted by molar-refractivity contribution is -0.116. The van der Waals surface area contributed by atoms with Crippen LogP contribution in [-0.4, -0.2) is 15.9 Å². The van der Waals surface area contributed by atoms with E-state index in [1.807, 2.05) is 44.2 Å². The second kappa shape index (κ2) is 8.73. The molecule has 3 rings (SSSR count). The zero-order valence-electron chi connectivity index (χ0n) is 15.7. The van der Waals surface area contributed by atoms with Gasteiger partial charge in [0.1, 0.15) is 5.82 Å². The predicted molar refractivity (Wildman–Crippen MR) is 106 cm³/mol. The Labute approximate surface area is 162 Å². The van der Waals surface area contributed by atoms with Crippen LogP contribution in [0.15, 0.2) is 48.5 Å². The fourth-order valence-electron chi connectivity index (χ4n) is 2.85. The molecule has 1 heterocycles. The predicted octanol–water partition coefficient (Wildman–Crippen LogP) is 5.16. The van der Waals surface area contributed by atoms with Crippen LogP contribution in [-0.2, 0) is 11.3 Å². The molecule has 0 fully saturated rings. The Morgan fingerprint density at radius 3 is 2.61 bits per heavy atom. The van der Waals surface area contributed by atoms with E-state index >= 15 is 0 Å². The SMILES string of the molecule is CC(C)CC(=O)Nc1cccc(CNc2nc(C(F)F)nc3ccccc23)c1. The van der Waals surface area contributed by atoms with Crippen molar-refractivity contribution in [2.24, 2.45) is 5.92 Å². The van der Waals surface area contributed by atoms with E-state index in [1.165, 1.54) is 0 Å². The lowest BCUT2D eigenvalue weighted by atomic mass is 10.1. The van der Waals surface area contributed by atoms with Gasteiger partial charge in [-0.05, 0) is 35.7 Å². The number of carbonyl (C=O) groups excluding carboxylic acids is 1. The van der Waals surface area contributed by atoms with Crippen LogP contribution in [0.3, 0.4) is 0 Å². The van der Waals surface area contributed by atoms with Crippen molar-refractivity contribution in [3.63, 3.8) is 0 Å². The molecule has 0 spiro atoms. The quantitative estimate of drug-likeness (QED) is 0.590. The molecule has 0 unspecified atom stereocenters. The van der Waals surface area contributed by atoms with Gasteiger partial charge in [0.05, 0.1) is 5.52 Å². The van der Waals surface area contributed by atoms with Gasteiger partial charge in [0.15, 0.2) is 5.82 Å². The molecule has 2 aromatic carbocycles. The fourth-order valence-corrected chi connectivity index (χ4v) is 2.85. The average Bonchev–Trinajstić information content (AvgIpc) is 2.65. The van der Waals surface area contributed by atoms with E-state index in [9.17, 15) is 13.6 Å². The van der Waals surface area contributed by atoms with E-state index in [0.717, 1.165) is 5.56 Å². The van der Waals surface area contributed by atoms with Crippen LogP contribution in [0.1, 0.15) is 38.1 Å². The van der Waals surface area contributed by atoms with Gasteiger partial charge in [-0.15, -0.1) is 0 Å². The highest BCUT2D eigenvalue weighted by atomic mass is 19.3. The first-order chi connectivity index (χ1) is 13.4. The number of amides is 1. The van der Waals surface area contributed by atoms with Crippen LogP contribution in [0.2, 0.25) is 0 Å². The van der Waals surface area contributed by atoms with Crippen molar-refractivity contribution < 1.29 is 13.6 Å². The molecule has 146 valence electrons. The molecule has 28 heavy (non-hydrogen) atoms. The van der Waals surface area contributed by atoms with Gasteiger partial charge in [-0.3, -0.25) is 4.79 Å². The maximum Gasteiger partial charge on any atom is 0.297 e. The summed E-state index contributed by atoms with van der Waals surface area (Å²) in [5, 5.41) is 6.66. The number of hydrogen-bond donors (Lipinski definition) is 2. The van der Waals surface area contributed by atoms with E-state index in [0.29, 0.717) is 35.4 Å². The molecule has 0 bridgehead atoms. The Morgan fingerprint density at radius 1 is 1.07 bits per heavy atom. The molecular formula is C21H22F2N4O. The third-order valence-corrected chi connectivity index (χ3v) is 4.08. The van der Waals surface area contributed by atoms with Crippen molar-refractivity contribution in [1.29, 1.82) is 0 Å². The number of carbonyl (C=O) groups is 1. The molecule has 0 saturated carbocycles. The van der Waals surface area contributed by atoms with Gasteiger partial charge in [-0.1, -0.05) is 38.1 Å². The lowest BCUT2D eigenvalue weighted by Crippen LogP contribution is -2.14. The molecule has 0 aliphatic heterocycles. The lowest BCUT2D eigenvalue weighted by Gasteiger charge is -2.12. The maximum atomic E-state index is 13.1. The smallest absolute Gasteiger partial charge is 0.297 e. The van der Waals surface area contributed by atoms with Crippen molar-refractivity contribution in [3.8, 4) is 0 Å². The minimum Gasteiger partial charge on any atom is -0.365 e. The molecule has 0 radical (unpaired) electrons. The normalized spacial score (nSPS) is 11.2. The highest BCUT2D eigenvalue weighted by Gasteiger charge is 2.15. The monoisotopic (exact) mass is 384 g/mol. The van der Waals surface area contributed by atoms with Gasteiger partial charge in [0.2, 0.25) is 5.91 Å². The summed E-state index contributed by atoms with van der Waals surface area (Å²) in [4.78, 5) is 19.8. The second-order valence-corrected chi connectivity index (χ2v) is 6.95. The number of fused-ring (bicyclic) bond motifs is 1. The van der Waals surface area contributed by atoms with Crippen LogP contribution in [0.4, 0.5) is 20.3 Å². The first-order valence-corrected chi connectivity index (χ1v) is 9.10. The summed E-state index contributed by atoms with van der Waals surface area (Å²) in [5.74, 6) is 0.0921. The van der Waals surface area contributed by atoms with Crippen molar-refractivity contribution in [1.82, 2.24) is 9.97 Å². The van der Waals surface area contributed by atoms with Crippen LogP contribution in [0.5, 0.6) is 0 Å². The Bertz CT molecular complexity index is 976. The topological polar surface area (TPSA) is 66.9 Å². The number of para-hydroxylation sites is 1. The number of alkyl halides is 2. The summed E-state index contributed by atoms with van der Waals surface area (Å²) in [6.45, 7) is 4.34. The van der Waals surface area contributed by atoms with E-state index in [1.54, 1.807) is 18.2 Å². The van der Waals surface area contributed by atoms with Gasteiger partial charge in [0.25, 0.3) is 6.43 Å². The Kier molecular flexibility index (Phi) is 6.13. The van der Waals surface area contributed by atoms with Crippen molar-refractivity contribution >= 4 is 28.3 Å². The van der Waals surface area contributed by atoms with Crippen LogP contribution >= 0.6 is 0 Å². The third-order valence-electron chi connectivity index (χ3n) is 4.08. The van der Waals surface area contributed by atoms with Gasteiger partial charge in [-0.2, -0.15) is 0 Å². The van der Waals surface area contributed by atoms with E-state index < -0.39 is 12.2 Å². The second-order valence-electron chi connectivity index (χ2n) is 6.95. The van der Waals surface area contributed by atoms with Crippen LogP contribution < -0.4 is 10.6 Å². The summed E-state index contributed by atoms with van der Waals surface area (Å²) in [6, 6.07) is 14.4. The summed E-state index contributed by atoms with van der Waals surface area (Å²) in [7, 11) is 0. The highest BCUT2D eigenvalue weighted by Crippen LogP contribution is 2.25. The molecule has 5 nitrogen and oxygen atoms in total. The number of anilines is 2. The van der Waals surface area contributed by atoms with E-state index in [-0.39, 0.29) is 11.8 Å². The van der Waals surface area contributed by atoms with Gasteiger partial charge < -0.3 is 10.6 Å². The summed E-state index contributed by atoms with van der Waals surface area (Å²) in [6.07, 6.45) is -2.30. The van der Waals surface area contributed by atoms with Crippen LogP contribution in [0.25, 0.3) is 10.9 Å². The van der Waals surface area contributed by atoms with E-state index in [2.05, 4.69) is 20.6 Å². The number of nitrogens with one attached hydrogen (secondary N) is 2. The first kappa shape index (κ1) is 19.7. The van der Waals surface area contributed by atoms with Crippen molar-refractivity contribution in [3.05, 3.63) is 59.9 Å². The molecule has 2 N–H and O–H groups in total. The summed E-state index contributed by atoms with van der Waals surface area (Å²) < 4.78 is 26.2. The minimum atomic E-state index is -2.75. The Balaban J connectivity index is 1.77. The molecule has 0 aliphatic carbocycles. The number of hydrogen-bond acceptors (Lipinski definition) is 4. The molecule has 0 saturated heterocycles. The molecule has 3 aromatic rings. The van der Waals surface area contributed by atoms with Gasteiger partial charge in [0, 0.05) is 24.0 Å². The number of halogens is 2. The maximum absolute atomic E-state index is 13.1. The largest absolute Gasteiger partial charge is 0.365 e. The van der Waals surface area contributed by atoms with E-state index in [4.69, 9.17) is 0 Å². The fraction of sp³-hybridized carbons (Fsp3) is 0.286. The average molecular weight is 384 g/mol. The molecule has 0 atom stereocenters. The molecular weight excluding hydrogens is 362 g/mol. The number of benzene rings is 2. The third kappa shape index (κ3) is 5.00. The van der Waals surface area contributed by atoms with Crippen LogP contribution in [0, 0.1) is 5.92 Å². The van der Waals surface area contributed by atoms with Gasteiger partial charge in [-0.25, -0.2) is 18.7 Å². The number of nitrogens with zero attached hydrogens (tertiary/aromatic N) is 2. The summed E-state index contributed by atoms with van der Waals surface area (Å²) >= 11 is 0. The number of rotatable bonds is 7. The molecule has 7 heteroatoms. The number of aromatic nitrogens is 2. The Hall–Kier alpha value is -3.09. The van der Waals surface area contributed by atoms with Crippen molar-refractivity contribution in [2.45, 2.75) is 33.2 Å². The highest BCUT2D eigenvalue weighted by molar-refractivity contribution is 5.91. The first-order valence-electron chi connectivity index (χ1n) is 9.10. The zero-order valence-corrected chi connectivity index (χ0v) is 15.7. The van der Waals surface area contributed by atoms with Crippen molar-refractivity contribution in [2.75, 3.05) is 10.6 Å². The summed E-state index contributed by atoms with van der Waals surface area (Å²) in [5.41, 5.74) is 2.06. The molecule has 1 amide bonds. The molecule has 1 aromatic heterocycles. The standard InChI is InChI=1S/C21H22F2N4O/c1-13(2)10-18(28)25-15-7-5-6-14(11-15)12-24-20-16-8-3-4-9-17(16)26-21(27-20)19(22)23/h3-9,11,13,19H,10,12H2,1-2H3,(H,25,28)(H,24,26,27). The minimum absolute atomic E-state index is 0.0384. The zero-order chi connectivity index (χ0) is 20.1. The Morgan fingerprint density at radius 2 is 1.86 bits per heavy atom. The molecule has 0 aliphatic rings.